The van der Waals surface area contributed by atoms with Crippen molar-refractivity contribution in [1.29, 1.82) is 0 Å². The minimum absolute atomic E-state index is 0.708. The number of nitrogens with zero attached hydrogens (tertiary/aromatic N) is 2. The summed E-state index contributed by atoms with van der Waals surface area (Å²) >= 11 is 2.05. The normalized spacial score (nSPS) is 13.2. The second-order valence-electron chi connectivity index (χ2n) is 1.50. The molecule has 0 heterocycles. The van der Waals surface area contributed by atoms with E-state index >= 15 is 0 Å². The molecule has 0 saturated carbocycles. The summed E-state index contributed by atoms with van der Waals surface area (Å²) in [5.41, 5.74) is 5.48. The van der Waals surface area contributed by atoms with Crippen LogP contribution in [-0.2, 0) is 0 Å². The first kappa shape index (κ1) is 10.6. The van der Waals surface area contributed by atoms with Gasteiger partial charge in [-0.2, -0.15) is 0 Å². The molecule has 0 aliphatic heterocycles. The van der Waals surface area contributed by atoms with Crippen molar-refractivity contribution in [3.8, 4) is 0 Å². The molecule has 0 aromatic heterocycles. The van der Waals surface area contributed by atoms with Crippen LogP contribution in [-0.4, -0.2) is 17.1 Å². The van der Waals surface area contributed by atoms with Gasteiger partial charge in [0.2, 0.25) is 0 Å². The van der Waals surface area contributed by atoms with Gasteiger partial charge in [0.1, 0.15) is 0 Å². The van der Waals surface area contributed by atoms with Crippen LogP contribution in [0.2, 0.25) is 0 Å². The molecule has 0 aromatic carbocycles. The molecule has 11 heavy (non-hydrogen) atoms. The van der Waals surface area contributed by atoms with Crippen LogP contribution in [0.5, 0.6) is 0 Å². The van der Waals surface area contributed by atoms with E-state index in [-0.39, 0.29) is 0 Å². The number of rotatable bonds is 3. The minimum atomic E-state index is 0.708. The molecule has 0 aliphatic carbocycles. The molecule has 0 amide bonds. The summed E-state index contributed by atoms with van der Waals surface area (Å²) < 4.78 is 0.708. The van der Waals surface area contributed by atoms with Crippen molar-refractivity contribution in [3.63, 3.8) is 0 Å². The second-order valence-corrected chi connectivity index (χ2v) is 2.46. The van der Waals surface area contributed by atoms with Gasteiger partial charge < -0.3 is 5.43 Å². The summed E-state index contributed by atoms with van der Waals surface area (Å²) in [5.74, 6) is 0. The van der Waals surface area contributed by atoms with Gasteiger partial charge in [0.15, 0.2) is 3.84 Å². The average molecular weight is 266 g/mol. The standard InChI is InChI=1S/C6H11IN4/c1-3-9-6(7)10-4-5-11-8-2/h3-5,8,11H,1-2H3/b5-4-,9-3?,10-6?. The lowest BCUT2D eigenvalue weighted by Gasteiger charge is -1.90. The number of aliphatic imine (C=N–C) groups is 2. The van der Waals surface area contributed by atoms with Crippen LogP contribution in [0.1, 0.15) is 6.92 Å². The van der Waals surface area contributed by atoms with E-state index in [1.807, 2.05) is 29.5 Å². The summed E-state index contributed by atoms with van der Waals surface area (Å²) in [7, 11) is 1.78. The van der Waals surface area contributed by atoms with Gasteiger partial charge in [-0.15, -0.1) is 0 Å². The lowest BCUT2D eigenvalue weighted by atomic mass is 10.9. The molecule has 0 unspecified atom stereocenters. The third-order valence-electron chi connectivity index (χ3n) is 0.719. The second kappa shape index (κ2) is 7.67. The van der Waals surface area contributed by atoms with Crippen molar-refractivity contribution in [1.82, 2.24) is 10.9 Å². The number of nitrogens with one attached hydrogen (secondary N) is 2. The predicted octanol–water partition coefficient (Wildman–Crippen LogP) is 1.06. The van der Waals surface area contributed by atoms with Crippen molar-refractivity contribution in [2.45, 2.75) is 6.92 Å². The molecule has 0 fully saturated rings. The SMILES string of the molecule is CC=NC(I)=N/C=C\NNC. The molecule has 0 spiro atoms. The molecule has 0 rings (SSSR count). The maximum Gasteiger partial charge on any atom is 0.190 e. The maximum atomic E-state index is 3.97. The highest BCUT2D eigenvalue weighted by molar-refractivity contribution is 14.1. The highest BCUT2D eigenvalue weighted by atomic mass is 127. The number of amidine groups is 1. The lowest BCUT2D eigenvalue weighted by molar-refractivity contribution is 0.729. The molecule has 0 saturated heterocycles. The number of hydrogen-bond acceptors (Lipinski definition) is 3. The Labute approximate surface area is 80.0 Å². The molecule has 0 bridgehead atoms. The first-order valence-corrected chi connectivity index (χ1v) is 4.18. The number of hydrazine groups is 1. The average Bonchev–Trinajstić information content (AvgIpc) is 1.99. The van der Waals surface area contributed by atoms with Gasteiger partial charge in [0, 0.05) is 48.3 Å². The number of halogens is 1. The Balaban J connectivity index is 3.71. The quantitative estimate of drug-likeness (QED) is 0.264. The Bertz CT molecular complexity index is 173. The van der Waals surface area contributed by atoms with Crippen molar-refractivity contribution in [2.75, 3.05) is 7.05 Å². The van der Waals surface area contributed by atoms with E-state index in [1.165, 1.54) is 0 Å². The minimum Gasteiger partial charge on any atom is -0.327 e. The first-order valence-electron chi connectivity index (χ1n) is 3.10. The van der Waals surface area contributed by atoms with Crippen LogP contribution in [0, 0.1) is 0 Å². The van der Waals surface area contributed by atoms with Crippen molar-refractivity contribution < 1.29 is 0 Å². The Morgan fingerprint density at radius 3 is 2.82 bits per heavy atom. The molecular weight excluding hydrogens is 255 g/mol. The van der Waals surface area contributed by atoms with Gasteiger partial charge in [0.05, 0.1) is 0 Å². The Morgan fingerprint density at radius 2 is 2.27 bits per heavy atom. The fourth-order valence-corrected chi connectivity index (χ4v) is 0.799. The van der Waals surface area contributed by atoms with Crippen molar-refractivity contribution in [3.05, 3.63) is 12.4 Å². The fourth-order valence-electron chi connectivity index (χ4n) is 0.359. The van der Waals surface area contributed by atoms with Crippen molar-refractivity contribution in [2.24, 2.45) is 9.98 Å². The summed E-state index contributed by atoms with van der Waals surface area (Å²) in [5, 5.41) is 0. The third kappa shape index (κ3) is 7.47. The van der Waals surface area contributed by atoms with Crippen LogP contribution in [0.3, 0.4) is 0 Å². The Hall–Kier alpha value is -0.430. The zero-order valence-electron chi connectivity index (χ0n) is 6.50. The molecule has 4 nitrogen and oxygen atoms in total. The largest absolute Gasteiger partial charge is 0.327 e. The maximum absolute atomic E-state index is 3.97. The first-order chi connectivity index (χ1) is 5.31. The van der Waals surface area contributed by atoms with E-state index in [0.717, 1.165) is 0 Å². The van der Waals surface area contributed by atoms with Gasteiger partial charge in [-0.1, -0.05) is 0 Å². The predicted molar refractivity (Wildman–Crippen MR) is 57.0 cm³/mol. The van der Waals surface area contributed by atoms with Gasteiger partial charge in [0.25, 0.3) is 0 Å². The van der Waals surface area contributed by atoms with E-state index in [1.54, 1.807) is 25.7 Å². The van der Waals surface area contributed by atoms with Crippen LogP contribution >= 0.6 is 22.6 Å². The summed E-state index contributed by atoms with van der Waals surface area (Å²) in [4.78, 5) is 7.91. The zero-order chi connectivity index (χ0) is 8.53. The summed E-state index contributed by atoms with van der Waals surface area (Å²) in [6, 6.07) is 0. The molecule has 0 aliphatic rings. The molecule has 62 valence electrons. The van der Waals surface area contributed by atoms with Gasteiger partial charge >= 0.3 is 0 Å². The summed E-state index contributed by atoms with van der Waals surface area (Å²) in [6.07, 6.45) is 5.01. The van der Waals surface area contributed by atoms with Gasteiger partial charge in [-0.3, -0.25) is 0 Å². The highest BCUT2D eigenvalue weighted by Gasteiger charge is 1.79. The molecular formula is C6H11IN4. The smallest absolute Gasteiger partial charge is 0.190 e. The third-order valence-corrected chi connectivity index (χ3v) is 1.28. The topological polar surface area (TPSA) is 48.8 Å². The molecule has 0 aromatic rings. The van der Waals surface area contributed by atoms with E-state index in [0.29, 0.717) is 3.84 Å². The molecule has 0 radical (unpaired) electrons. The van der Waals surface area contributed by atoms with E-state index < -0.39 is 0 Å². The van der Waals surface area contributed by atoms with Gasteiger partial charge in [-0.25, -0.2) is 15.4 Å². The van der Waals surface area contributed by atoms with E-state index in [4.69, 9.17) is 0 Å². The fraction of sp³-hybridized carbons (Fsp3) is 0.333. The molecule has 2 N–H and O–H groups in total. The Kier molecular flexibility index (Phi) is 7.37. The van der Waals surface area contributed by atoms with Gasteiger partial charge in [-0.05, 0) is 6.92 Å². The van der Waals surface area contributed by atoms with Crippen LogP contribution in [0.4, 0.5) is 0 Å². The highest BCUT2D eigenvalue weighted by Crippen LogP contribution is 1.91. The van der Waals surface area contributed by atoms with Crippen LogP contribution in [0.15, 0.2) is 22.4 Å². The van der Waals surface area contributed by atoms with E-state index in [9.17, 15) is 0 Å². The van der Waals surface area contributed by atoms with Crippen LogP contribution < -0.4 is 10.9 Å². The summed E-state index contributed by atoms with van der Waals surface area (Å²) in [6.45, 7) is 1.85. The van der Waals surface area contributed by atoms with Crippen molar-refractivity contribution >= 4 is 32.6 Å². The number of hydrogen-bond donors (Lipinski definition) is 2. The zero-order valence-corrected chi connectivity index (χ0v) is 8.66. The monoisotopic (exact) mass is 266 g/mol. The molecule has 5 heteroatoms. The Morgan fingerprint density at radius 1 is 1.55 bits per heavy atom. The van der Waals surface area contributed by atoms with Crippen LogP contribution in [0.25, 0.3) is 0 Å². The van der Waals surface area contributed by atoms with E-state index in [2.05, 4.69) is 20.8 Å². The molecule has 0 atom stereocenters. The lowest BCUT2D eigenvalue weighted by Crippen LogP contribution is -2.20.